The maximum Gasteiger partial charge on any atom is 0.229 e. The van der Waals surface area contributed by atoms with Gasteiger partial charge < -0.3 is 20.0 Å². The lowest BCUT2D eigenvalue weighted by Gasteiger charge is -2.25. The van der Waals surface area contributed by atoms with E-state index in [0.717, 1.165) is 19.3 Å². The van der Waals surface area contributed by atoms with E-state index in [2.05, 4.69) is 6.92 Å². The average Bonchev–Trinajstić information content (AvgIpc) is 3.49. The summed E-state index contributed by atoms with van der Waals surface area (Å²) >= 11 is 0. The third-order valence-corrected chi connectivity index (χ3v) is 6.69. The fourth-order valence-corrected chi connectivity index (χ4v) is 4.76. The summed E-state index contributed by atoms with van der Waals surface area (Å²) in [5.41, 5.74) is 0. The van der Waals surface area contributed by atoms with Crippen LogP contribution in [0, 0.1) is 23.7 Å². The van der Waals surface area contributed by atoms with E-state index in [1.165, 1.54) is 0 Å². The van der Waals surface area contributed by atoms with E-state index in [1.807, 2.05) is 40.7 Å². The molecule has 0 bridgehead atoms. The first kappa shape index (κ1) is 27.6. The van der Waals surface area contributed by atoms with Gasteiger partial charge in [-0.2, -0.15) is 0 Å². The van der Waals surface area contributed by atoms with Crippen LogP contribution >= 0.6 is 0 Å². The predicted octanol–water partition coefficient (Wildman–Crippen LogP) is 3.47. The molecule has 1 saturated carbocycles. The second-order valence-corrected chi connectivity index (χ2v) is 8.68. The fraction of sp³-hybridized carbons (Fsp3) is 0.840. The Kier molecular flexibility index (Phi) is 12.4. The van der Waals surface area contributed by atoms with Gasteiger partial charge in [-0.25, -0.2) is 0 Å². The molecule has 1 aliphatic carbocycles. The van der Waals surface area contributed by atoms with Crippen LogP contribution < -0.4 is 0 Å². The largest absolute Gasteiger partial charge is 0.393 e. The second kappa shape index (κ2) is 13.9. The fourth-order valence-electron chi connectivity index (χ4n) is 4.76. The summed E-state index contributed by atoms with van der Waals surface area (Å²) in [6.07, 6.45) is 6.38. The van der Waals surface area contributed by atoms with E-state index in [1.54, 1.807) is 15.9 Å². The van der Waals surface area contributed by atoms with Gasteiger partial charge in [0.05, 0.1) is 18.1 Å². The van der Waals surface area contributed by atoms with Gasteiger partial charge in [0.1, 0.15) is 0 Å². The normalized spacial score (nSPS) is 23.4. The van der Waals surface area contributed by atoms with Crippen LogP contribution in [-0.2, 0) is 9.59 Å². The van der Waals surface area contributed by atoms with Gasteiger partial charge in [-0.05, 0) is 46.5 Å². The molecule has 180 valence electrons. The molecular weight excluding hydrogens is 392 g/mol. The monoisotopic (exact) mass is 438 g/mol. The van der Waals surface area contributed by atoms with Crippen molar-refractivity contribution in [2.75, 3.05) is 26.2 Å². The van der Waals surface area contributed by atoms with Crippen LogP contribution in [-0.4, -0.2) is 70.2 Å². The predicted molar refractivity (Wildman–Crippen MR) is 125 cm³/mol. The number of aliphatic hydroxyl groups is 2. The molecule has 1 rings (SSSR count). The molecule has 2 N–H and O–H groups in total. The average molecular weight is 439 g/mol. The maximum absolute atomic E-state index is 13.4. The van der Waals surface area contributed by atoms with Crippen LogP contribution in [0.25, 0.3) is 0 Å². The Bertz CT molecular complexity index is 572. The van der Waals surface area contributed by atoms with Gasteiger partial charge in [0.25, 0.3) is 0 Å². The highest BCUT2D eigenvalue weighted by molar-refractivity contribution is 5.87. The van der Waals surface area contributed by atoms with Crippen molar-refractivity contribution in [2.24, 2.45) is 23.7 Å². The Morgan fingerprint density at radius 1 is 0.806 bits per heavy atom. The minimum Gasteiger partial charge on any atom is -0.393 e. The van der Waals surface area contributed by atoms with Crippen molar-refractivity contribution in [1.82, 2.24) is 9.80 Å². The summed E-state index contributed by atoms with van der Waals surface area (Å²) in [5, 5.41) is 21.1. The molecule has 6 atom stereocenters. The summed E-state index contributed by atoms with van der Waals surface area (Å²) in [5.74, 6) is -1.27. The van der Waals surface area contributed by atoms with Crippen molar-refractivity contribution in [1.29, 1.82) is 0 Å². The molecular formula is C25H46N2O4. The van der Waals surface area contributed by atoms with Crippen molar-refractivity contribution >= 4 is 11.8 Å². The SMILES string of the molecule is CCCC[C@H](O)C=C[C@@H](C(=O)N(CC)CC)[C@@H]1[C@@H](C(=O)N(CC)CC)[C@@H]1[C@H](O)CCC. The van der Waals surface area contributed by atoms with E-state index >= 15 is 0 Å². The molecule has 0 heterocycles. The van der Waals surface area contributed by atoms with Crippen LogP contribution in [0.3, 0.4) is 0 Å². The van der Waals surface area contributed by atoms with E-state index < -0.39 is 18.1 Å². The molecule has 1 aliphatic rings. The zero-order valence-corrected chi connectivity index (χ0v) is 20.6. The van der Waals surface area contributed by atoms with Crippen molar-refractivity contribution in [3.63, 3.8) is 0 Å². The van der Waals surface area contributed by atoms with E-state index in [4.69, 9.17) is 0 Å². The standard InChI is InChI=1S/C25H46N2O4/c1-7-13-15-18(28)16-17-19(24(30)26(9-3)10-4)21-22(20(29)14-8-2)23(21)25(31)27(11-5)12-6/h16-23,28-29H,7-15H2,1-6H3/t18-,19+,20+,21-,22+,23+/m0/s1. The number of unbranched alkanes of at least 4 members (excludes halogenated alkanes) is 1. The number of amides is 2. The van der Waals surface area contributed by atoms with E-state index in [9.17, 15) is 19.8 Å². The molecule has 0 aromatic rings. The summed E-state index contributed by atoms with van der Waals surface area (Å²) < 4.78 is 0. The smallest absolute Gasteiger partial charge is 0.229 e. The third-order valence-electron chi connectivity index (χ3n) is 6.69. The van der Waals surface area contributed by atoms with Crippen LogP contribution in [0.5, 0.6) is 0 Å². The van der Waals surface area contributed by atoms with Gasteiger partial charge in [0.2, 0.25) is 11.8 Å². The number of hydrogen-bond acceptors (Lipinski definition) is 4. The summed E-state index contributed by atoms with van der Waals surface area (Å²) in [7, 11) is 0. The van der Waals surface area contributed by atoms with E-state index in [-0.39, 0.29) is 29.6 Å². The highest BCUT2D eigenvalue weighted by Crippen LogP contribution is 2.55. The third kappa shape index (κ3) is 7.31. The number of carbonyl (C=O) groups excluding carboxylic acids is 2. The van der Waals surface area contributed by atoms with Crippen LogP contribution in [0.15, 0.2) is 12.2 Å². The minimum atomic E-state index is -0.596. The first-order chi connectivity index (χ1) is 14.8. The molecule has 31 heavy (non-hydrogen) atoms. The van der Waals surface area contributed by atoms with Crippen LogP contribution in [0.1, 0.15) is 73.6 Å². The number of nitrogens with zero attached hydrogens (tertiary/aromatic N) is 2. The van der Waals surface area contributed by atoms with Crippen molar-refractivity contribution < 1.29 is 19.8 Å². The zero-order chi connectivity index (χ0) is 23.6. The van der Waals surface area contributed by atoms with Crippen molar-refractivity contribution in [3.8, 4) is 0 Å². The lowest BCUT2D eigenvalue weighted by atomic mass is 9.95. The number of aliphatic hydroxyl groups excluding tert-OH is 2. The lowest BCUT2D eigenvalue weighted by Crippen LogP contribution is -2.38. The molecule has 0 aromatic carbocycles. The minimum absolute atomic E-state index is 0.0162. The molecule has 2 amide bonds. The molecule has 0 unspecified atom stereocenters. The van der Waals surface area contributed by atoms with Gasteiger partial charge in [-0.3, -0.25) is 9.59 Å². The van der Waals surface area contributed by atoms with Crippen molar-refractivity contribution in [2.45, 2.75) is 85.9 Å². The summed E-state index contributed by atoms with van der Waals surface area (Å²) in [4.78, 5) is 30.2. The number of carbonyl (C=O) groups is 2. The molecule has 1 fully saturated rings. The Labute approximate surface area is 189 Å². The lowest BCUT2D eigenvalue weighted by molar-refractivity contribution is -0.135. The molecule has 0 aliphatic heterocycles. The second-order valence-electron chi connectivity index (χ2n) is 8.68. The van der Waals surface area contributed by atoms with E-state index in [0.29, 0.717) is 39.0 Å². The Balaban J connectivity index is 3.25. The number of rotatable bonds is 15. The molecule has 6 nitrogen and oxygen atoms in total. The van der Waals surface area contributed by atoms with Crippen LogP contribution in [0.4, 0.5) is 0 Å². The molecule has 0 spiro atoms. The summed E-state index contributed by atoms with van der Waals surface area (Å²) in [6, 6.07) is 0. The van der Waals surface area contributed by atoms with Crippen LogP contribution in [0.2, 0.25) is 0 Å². The Morgan fingerprint density at radius 3 is 1.87 bits per heavy atom. The Morgan fingerprint density at radius 2 is 1.39 bits per heavy atom. The maximum atomic E-state index is 13.4. The first-order valence-electron chi connectivity index (χ1n) is 12.4. The first-order valence-corrected chi connectivity index (χ1v) is 12.4. The molecule has 0 aromatic heterocycles. The quantitative estimate of drug-likeness (QED) is 0.384. The number of hydrogen-bond donors (Lipinski definition) is 2. The molecule has 6 heteroatoms. The highest BCUT2D eigenvalue weighted by atomic mass is 16.3. The zero-order valence-electron chi connectivity index (χ0n) is 20.6. The van der Waals surface area contributed by atoms with Gasteiger partial charge >= 0.3 is 0 Å². The molecule has 0 saturated heterocycles. The van der Waals surface area contributed by atoms with Gasteiger partial charge in [-0.15, -0.1) is 0 Å². The van der Waals surface area contributed by atoms with Crippen molar-refractivity contribution in [3.05, 3.63) is 12.2 Å². The Hall–Kier alpha value is -1.40. The topological polar surface area (TPSA) is 81.1 Å². The highest BCUT2D eigenvalue weighted by Gasteiger charge is 2.62. The summed E-state index contributed by atoms with van der Waals surface area (Å²) in [6.45, 7) is 14.4. The van der Waals surface area contributed by atoms with Gasteiger partial charge in [0, 0.05) is 38.0 Å². The van der Waals surface area contributed by atoms with Gasteiger partial charge in [0.15, 0.2) is 0 Å². The van der Waals surface area contributed by atoms with Gasteiger partial charge in [-0.1, -0.05) is 45.3 Å². The molecule has 0 radical (unpaired) electrons.